The molecule has 38 heavy (non-hydrogen) atoms. The first-order valence-corrected chi connectivity index (χ1v) is 13.7. The third kappa shape index (κ3) is 5.07. The van der Waals surface area contributed by atoms with E-state index >= 15 is 0 Å². The summed E-state index contributed by atoms with van der Waals surface area (Å²) >= 11 is 0. The number of imide groups is 1. The number of carbonyl (C=O) groups excluding carboxylic acids is 2. The highest BCUT2D eigenvalue weighted by atomic mass is 16.5. The van der Waals surface area contributed by atoms with Crippen molar-refractivity contribution >= 4 is 30.6 Å². The molecule has 3 heterocycles. The molecule has 0 spiro atoms. The summed E-state index contributed by atoms with van der Waals surface area (Å²) in [5.41, 5.74) is 4.99. The molecule has 2 saturated heterocycles. The van der Waals surface area contributed by atoms with E-state index in [0.29, 0.717) is 32.1 Å². The zero-order valence-electron chi connectivity index (χ0n) is 22.0. The number of hydrogen-bond donors (Lipinski definition) is 2. The maximum absolute atomic E-state index is 13.4. The minimum Gasteiger partial charge on any atom is -0.508 e. The molecule has 1 aromatic heterocycles. The van der Waals surface area contributed by atoms with Gasteiger partial charge in [-0.1, -0.05) is 37.6 Å². The Morgan fingerprint density at radius 3 is 2.71 bits per heavy atom. The van der Waals surface area contributed by atoms with Crippen molar-refractivity contribution in [2.24, 2.45) is 17.8 Å². The van der Waals surface area contributed by atoms with Gasteiger partial charge in [0.2, 0.25) is 11.8 Å². The van der Waals surface area contributed by atoms with Crippen molar-refractivity contribution in [2.75, 3.05) is 6.54 Å². The second-order valence-corrected chi connectivity index (χ2v) is 10.5. The number of allylic oxidation sites excluding steroid dienone is 2. The standard InChI is InChI=1S/C30H35BN2O5/c1-3-14-33-29(35)23-17-20(4-2)27-24(28(23)30(33)36)18-31(37)38-26(27)12-11-21(25-10-5-6-13-32-25)15-19-8-7-9-22(34)16-19/h5-10,13,15-16,23-24,26,28,34,37H,3-4,11-12,14,17-18H2,1-2H3/b21-15-/t23-,24+,26-,28-/m1/s1. The molecule has 7 nitrogen and oxygen atoms in total. The summed E-state index contributed by atoms with van der Waals surface area (Å²) in [6.45, 7) is 4.51. The number of aromatic nitrogens is 1. The first-order chi connectivity index (χ1) is 18.4. The monoisotopic (exact) mass is 514 g/mol. The Morgan fingerprint density at radius 2 is 2.00 bits per heavy atom. The van der Waals surface area contributed by atoms with Crippen LogP contribution in [0.15, 0.2) is 59.8 Å². The van der Waals surface area contributed by atoms with Crippen LogP contribution in [0.2, 0.25) is 6.32 Å². The van der Waals surface area contributed by atoms with E-state index in [4.69, 9.17) is 4.65 Å². The quantitative estimate of drug-likeness (QED) is 0.300. The van der Waals surface area contributed by atoms with Crippen molar-refractivity contribution < 1.29 is 24.4 Å². The van der Waals surface area contributed by atoms with Gasteiger partial charge in [-0.05, 0) is 91.4 Å². The minimum atomic E-state index is -0.984. The highest BCUT2D eigenvalue weighted by Gasteiger charge is 2.56. The van der Waals surface area contributed by atoms with Crippen LogP contribution in [-0.4, -0.2) is 51.6 Å². The van der Waals surface area contributed by atoms with Crippen molar-refractivity contribution in [3.63, 3.8) is 0 Å². The van der Waals surface area contributed by atoms with Gasteiger partial charge in [-0.3, -0.25) is 19.5 Å². The minimum absolute atomic E-state index is 0.0594. The van der Waals surface area contributed by atoms with Gasteiger partial charge in [-0.25, -0.2) is 0 Å². The highest BCUT2D eigenvalue weighted by molar-refractivity contribution is 6.43. The molecule has 2 aromatic rings. The zero-order valence-corrected chi connectivity index (χ0v) is 22.0. The van der Waals surface area contributed by atoms with Crippen LogP contribution in [0.1, 0.15) is 57.2 Å². The number of rotatable bonds is 8. The van der Waals surface area contributed by atoms with E-state index in [1.807, 2.05) is 37.3 Å². The Hall–Kier alpha value is -3.23. The van der Waals surface area contributed by atoms with Crippen LogP contribution >= 0.6 is 0 Å². The van der Waals surface area contributed by atoms with Crippen LogP contribution in [0.5, 0.6) is 5.75 Å². The lowest BCUT2D eigenvalue weighted by Gasteiger charge is -2.43. The van der Waals surface area contributed by atoms with Crippen molar-refractivity contribution in [1.82, 2.24) is 9.88 Å². The summed E-state index contributed by atoms with van der Waals surface area (Å²) < 4.78 is 6.13. The number of nitrogens with zero attached hydrogens (tertiary/aromatic N) is 2. The van der Waals surface area contributed by atoms with Gasteiger partial charge in [0, 0.05) is 12.7 Å². The van der Waals surface area contributed by atoms with Crippen LogP contribution in [0.25, 0.3) is 11.6 Å². The molecule has 2 aliphatic heterocycles. The van der Waals surface area contributed by atoms with E-state index < -0.39 is 13.0 Å². The average Bonchev–Trinajstić information content (AvgIpc) is 3.15. The fourth-order valence-corrected chi connectivity index (χ4v) is 6.54. The van der Waals surface area contributed by atoms with Crippen molar-refractivity contribution in [3.05, 3.63) is 71.1 Å². The topological polar surface area (TPSA) is 100.0 Å². The van der Waals surface area contributed by atoms with E-state index in [1.165, 1.54) is 10.5 Å². The predicted octanol–water partition coefficient (Wildman–Crippen LogP) is 4.73. The van der Waals surface area contributed by atoms with Gasteiger partial charge in [0.05, 0.1) is 23.6 Å². The molecule has 1 aliphatic carbocycles. The third-order valence-corrected chi connectivity index (χ3v) is 8.15. The molecule has 0 unspecified atom stereocenters. The molecule has 0 radical (unpaired) electrons. The molecule has 2 N–H and O–H groups in total. The third-order valence-electron chi connectivity index (χ3n) is 8.15. The molecule has 2 amide bonds. The number of likely N-dealkylation sites (tertiary alicyclic amines) is 1. The highest BCUT2D eigenvalue weighted by Crippen LogP contribution is 2.51. The van der Waals surface area contributed by atoms with E-state index in [9.17, 15) is 19.7 Å². The van der Waals surface area contributed by atoms with Crippen LogP contribution in [-0.2, 0) is 14.2 Å². The fraction of sp³-hybridized carbons (Fsp3) is 0.433. The summed E-state index contributed by atoms with van der Waals surface area (Å²) in [6, 6.07) is 12.9. The Labute approximate surface area is 224 Å². The molecule has 198 valence electrons. The van der Waals surface area contributed by atoms with Crippen molar-refractivity contribution in [3.8, 4) is 5.75 Å². The first kappa shape index (κ1) is 26.4. The summed E-state index contributed by atoms with van der Waals surface area (Å²) in [6.07, 6.45) is 7.09. The molecule has 4 atom stereocenters. The van der Waals surface area contributed by atoms with Gasteiger partial charge in [-0.2, -0.15) is 0 Å². The van der Waals surface area contributed by atoms with Crippen molar-refractivity contribution in [1.29, 1.82) is 0 Å². The predicted molar refractivity (Wildman–Crippen MR) is 147 cm³/mol. The molecule has 2 fully saturated rings. The maximum Gasteiger partial charge on any atom is 0.455 e. The van der Waals surface area contributed by atoms with Crippen LogP contribution < -0.4 is 0 Å². The van der Waals surface area contributed by atoms with E-state index in [2.05, 4.69) is 11.9 Å². The normalized spacial score (nSPS) is 25.6. The van der Waals surface area contributed by atoms with Gasteiger partial charge >= 0.3 is 7.12 Å². The second-order valence-electron chi connectivity index (χ2n) is 10.5. The Morgan fingerprint density at radius 1 is 1.16 bits per heavy atom. The van der Waals surface area contributed by atoms with Crippen LogP contribution in [0, 0.1) is 17.8 Å². The molecule has 3 aliphatic rings. The van der Waals surface area contributed by atoms with Gasteiger partial charge in [0.1, 0.15) is 5.75 Å². The lowest BCUT2D eigenvalue weighted by molar-refractivity contribution is -0.140. The number of phenols is 1. The van der Waals surface area contributed by atoms with Gasteiger partial charge in [-0.15, -0.1) is 0 Å². The number of carbonyl (C=O) groups is 2. The number of pyridine rings is 1. The smallest absolute Gasteiger partial charge is 0.455 e. The Kier molecular flexibility index (Phi) is 7.82. The second kappa shape index (κ2) is 11.3. The Balaban J connectivity index is 1.45. The summed E-state index contributed by atoms with van der Waals surface area (Å²) in [4.78, 5) is 32.6. The number of fused-ring (bicyclic) bond motifs is 3. The maximum atomic E-state index is 13.4. The lowest BCUT2D eigenvalue weighted by atomic mass is 9.58. The fourth-order valence-electron chi connectivity index (χ4n) is 6.54. The van der Waals surface area contributed by atoms with E-state index in [0.717, 1.165) is 35.2 Å². The van der Waals surface area contributed by atoms with E-state index in [-0.39, 0.29) is 35.5 Å². The Bertz CT molecular complexity index is 1260. The number of phenolic OH excluding ortho intramolecular Hbond substituents is 1. The molecular formula is C30H35BN2O5. The molecule has 0 saturated carbocycles. The summed E-state index contributed by atoms with van der Waals surface area (Å²) in [5.74, 6) is -0.898. The van der Waals surface area contributed by atoms with Crippen LogP contribution in [0.4, 0.5) is 0 Å². The lowest BCUT2D eigenvalue weighted by Crippen LogP contribution is -2.46. The summed E-state index contributed by atoms with van der Waals surface area (Å²) in [7, 11) is -0.984. The van der Waals surface area contributed by atoms with Crippen molar-refractivity contribution in [2.45, 2.75) is 58.4 Å². The SMILES string of the molecule is CCCN1C(=O)[C@@H]2[C@@H](CC(CC)=C3[C@@H](CC/C(=C/c4cccc(O)c4)c4ccccn4)OB(O)C[C@@H]32)C1=O. The van der Waals surface area contributed by atoms with Gasteiger partial charge < -0.3 is 14.8 Å². The summed E-state index contributed by atoms with van der Waals surface area (Å²) in [5, 5.41) is 20.7. The molecule has 8 heteroatoms. The number of benzene rings is 1. The largest absolute Gasteiger partial charge is 0.508 e. The zero-order chi connectivity index (χ0) is 26.8. The van der Waals surface area contributed by atoms with E-state index in [1.54, 1.807) is 24.4 Å². The number of hydrogen-bond acceptors (Lipinski definition) is 6. The van der Waals surface area contributed by atoms with Gasteiger partial charge in [0.25, 0.3) is 0 Å². The number of amides is 2. The molecule has 1 aromatic carbocycles. The van der Waals surface area contributed by atoms with Gasteiger partial charge in [0.15, 0.2) is 0 Å². The molecule has 5 rings (SSSR count). The molecule has 0 bridgehead atoms. The van der Waals surface area contributed by atoms with Crippen LogP contribution in [0.3, 0.4) is 0 Å². The first-order valence-electron chi connectivity index (χ1n) is 13.7. The average molecular weight is 514 g/mol. The number of aromatic hydroxyl groups is 1. The molecular weight excluding hydrogens is 479 g/mol.